The van der Waals surface area contributed by atoms with Gasteiger partial charge in [0.2, 0.25) is 5.43 Å². The number of hydrogen-bond acceptors (Lipinski definition) is 5. The highest BCUT2D eigenvalue weighted by atomic mass is 31.0. The first-order chi connectivity index (χ1) is 15.1. The van der Waals surface area contributed by atoms with Crippen LogP contribution < -0.4 is 15.3 Å². The predicted molar refractivity (Wildman–Crippen MR) is 118 cm³/mol. The van der Waals surface area contributed by atoms with Crippen LogP contribution in [0, 0.1) is 0 Å². The fraction of sp³-hybridized carbons (Fsp3) is 0.409. The Hall–Kier alpha value is -2.70. The van der Waals surface area contributed by atoms with Gasteiger partial charge in [-0.2, -0.15) is 0 Å². The molecule has 31 heavy (non-hydrogen) atoms. The molecular weight excluding hydrogens is 415 g/mol. The summed E-state index contributed by atoms with van der Waals surface area (Å²) in [5.41, 5.74) is 0.555. The maximum Gasteiger partial charge on any atom is 0.275 e. The van der Waals surface area contributed by atoms with Crippen LogP contribution in [0.2, 0.25) is 0 Å². The van der Waals surface area contributed by atoms with Gasteiger partial charge in [-0.25, -0.2) is 0 Å². The average Bonchev–Trinajstić information content (AvgIpc) is 3.28. The number of carbonyl (C=O) groups excluding carboxylic acids is 2. The molecule has 0 aliphatic carbocycles. The Morgan fingerprint density at radius 2 is 1.97 bits per heavy atom. The van der Waals surface area contributed by atoms with Crippen molar-refractivity contribution in [3.05, 3.63) is 63.6 Å². The minimum Gasteiger partial charge on any atom is -0.474 e. The van der Waals surface area contributed by atoms with Gasteiger partial charge < -0.3 is 19.3 Å². The third kappa shape index (κ3) is 3.44. The van der Waals surface area contributed by atoms with Crippen LogP contribution in [0.3, 0.4) is 0 Å². The SMILES string of the molecule is O=C(NCc1ccccc1)c1cn2c(c(OP)c1=O)C(=O)N1CC[C@@H]3CCCN3[C@@H]1C2. The van der Waals surface area contributed by atoms with Crippen molar-refractivity contribution in [2.24, 2.45) is 0 Å². The molecule has 1 aromatic heterocycles. The molecular formula is C22H25N4O4P. The second-order valence-electron chi connectivity index (χ2n) is 8.29. The highest BCUT2D eigenvalue weighted by Crippen LogP contribution is 2.34. The second-order valence-corrected chi connectivity index (χ2v) is 8.53. The van der Waals surface area contributed by atoms with E-state index in [1.165, 1.54) is 6.20 Å². The largest absolute Gasteiger partial charge is 0.474 e. The third-order valence-electron chi connectivity index (χ3n) is 6.59. The first kappa shape index (κ1) is 20.2. The first-order valence-corrected chi connectivity index (χ1v) is 11.1. The molecule has 2 fully saturated rings. The van der Waals surface area contributed by atoms with E-state index in [9.17, 15) is 14.4 Å². The molecule has 9 heteroatoms. The van der Waals surface area contributed by atoms with Gasteiger partial charge in [0, 0.05) is 31.9 Å². The summed E-state index contributed by atoms with van der Waals surface area (Å²) < 4.78 is 7.00. The van der Waals surface area contributed by atoms with Gasteiger partial charge in [0.1, 0.15) is 11.7 Å². The number of rotatable bonds is 4. The Morgan fingerprint density at radius 3 is 2.74 bits per heavy atom. The minimum atomic E-state index is -0.574. The maximum absolute atomic E-state index is 13.3. The summed E-state index contributed by atoms with van der Waals surface area (Å²) in [7, 11) is 2.04. The lowest BCUT2D eigenvalue weighted by molar-refractivity contribution is -0.0209. The molecule has 1 N–H and O–H groups in total. The Bertz CT molecular complexity index is 1090. The zero-order valence-corrected chi connectivity index (χ0v) is 18.3. The van der Waals surface area contributed by atoms with E-state index in [-0.39, 0.29) is 29.1 Å². The summed E-state index contributed by atoms with van der Waals surface area (Å²) in [5.74, 6) is -0.790. The minimum absolute atomic E-state index is 0.0211. The quantitative estimate of drug-likeness (QED) is 0.731. The zero-order chi connectivity index (χ0) is 21.5. The lowest BCUT2D eigenvalue weighted by Crippen LogP contribution is -2.62. The number of fused-ring (bicyclic) bond motifs is 4. The first-order valence-electron chi connectivity index (χ1n) is 10.6. The van der Waals surface area contributed by atoms with E-state index in [2.05, 4.69) is 10.2 Å². The summed E-state index contributed by atoms with van der Waals surface area (Å²) in [5, 5.41) is 2.80. The van der Waals surface area contributed by atoms with Gasteiger partial charge in [0.05, 0.1) is 16.0 Å². The van der Waals surface area contributed by atoms with Crippen LogP contribution in [0.25, 0.3) is 0 Å². The Balaban J connectivity index is 1.48. The van der Waals surface area contributed by atoms with Crippen molar-refractivity contribution in [2.75, 3.05) is 13.1 Å². The highest BCUT2D eigenvalue weighted by Gasteiger charge is 2.45. The number of amides is 2. The van der Waals surface area contributed by atoms with E-state index in [1.807, 2.05) is 44.7 Å². The van der Waals surface area contributed by atoms with Crippen LogP contribution in [-0.4, -0.2) is 51.5 Å². The van der Waals surface area contributed by atoms with Gasteiger partial charge in [0.25, 0.3) is 11.8 Å². The van der Waals surface area contributed by atoms with Crippen LogP contribution >= 0.6 is 9.47 Å². The molecule has 0 saturated carbocycles. The Morgan fingerprint density at radius 1 is 1.16 bits per heavy atom. The summed E-state index contributed by atoms with van der Waals surface area (Å²) in [6.45, 7) is 2.46. The van der Waals surface area contributed by atoms with E-state index < -0.39 is 11.3 Å². The molecule has 1 unspecified atom stereocenters. The second kappa shape index (κ2) is 8.09. The highest BCUT2D eigenvalue weighted by molar-refractivity contribution is 7.10. The molecule has 3 aliphatic heterocycles. The topological polar surface area (TPSA) is 83.9 Å². The van der Waals surface area contributed by atoms with Crippen LogP contribution in [0.15, 0.2) is 41.3 Å². The molecule has 2 aromatic rings. The number of pyridine rings is 1. The average molecular weight is 440 g/mol. The molecule has 3 aliphatic rings. The molecule has 0 bridgehead atoms. The number of hydrogen-bond donors (Lipinski definition) is 1. The van der Waals surface area contributed by atoms with Gasteiger partial charge >= 0.3 is 0 Å². The normalized spacial score (nSPS) is 22.5. The van der Waals surface area contributed by atoms with Crippen LogP contribution in [-0.2, 0) is 13.1 Å². The summed E-state index contributed by atoms with van der Waals surface area (Å²) in [6, 6.07) is 9.99. The van der Waals surface area contributed by atoms with E-state index >= 15 is 0 Å². The van der Waals surface area contributed by atoms with Crippen molar-refractivity contribution in [1.29, 1.82) is 0 Å². The molecule has 8 nitrogen and oxygen atoms in total. The number of nitrogens with one attached hydrogen (secondary N) is 1. The number of benzene rings is 1. The molecule has 2 saturated heterocycles. The molecule has 2 amide bonds. The van der Waals surface area contributed by atoms with Crippen LogP contribution in [0.4, 0.5) is 0 Å². The molecule has 5 rings (SSSR count). The van der Waals surface area contributed by atoms with E-state index in [0.717, 1.165) is 31.4 Å². The number of nitrogens with zero attached hydrogens (tertiary/aromatic N) is 3. The summed E-state index contributed by atoms with van der Waals surface area (Å²) in [4.78, 5) is 43.4. The van der Waals surface area contributed by atoms with Gasteiger partial charge in [-0.3, -0.25) is 19.3 Å². The van der Waals surface area contributed by atoms with E-state index in [4.69, 9.17) is 4.52 Å². The van der Waals surface area contributed by atoms with Gasteiger partial charge in [0.15, 0.2) is 11.4 Å². The van der Waals surface area contributed by atoms with Crippen molar-refractivity contribution in [3.63, 3.8) is 0 Å². The monoisotopic (exact) mass is 440 g/mol. The van der Waals surface area contributed by atoms with Gasteiger partial charge in [-0.05, 0) is 24.8 Å². The number of carbonyl (C=O) groups is 2. The molecule has 3 atom stereocenters. The maximum atomic E-state index is 13.3. The molecule has 0 radical (unpaired) electrons. The third-order valence-corrected chi connectivity index (χ3v) is 6.82. The molecule has 4 heterocycles. The standard InChI is InChI=1S/C22H25N4O4P/c27-19-16(21(28)23-11-14-5-2-1-3-6-14)12-24-13-17-25-9-4-7-15(25)8-10-26(17)22(29)18(24)20(19)30-31/h1-3,5-6,12,15,17H,4,7-11,13,31H2,(H,23,28)/t15-,17-/m0/s1. The van der Waals surface area contributed by atoms with Gasteiger partial charge in [-0.15, -0.1) is 0 Å². The van der Waals surface area contributed by atoms with Crippen LogP contribution in [0.1, 0.15) is 45.7 Å². The lowest BCUT2D eigenvalue weighted by Gasteiger charge is -2.48. The summed E-state index contributed by atoms with van der Waals surface area (Å²) in [6.07, 6.45) is 4.70. The zero-order valence-electron chi connectivity index (χ0n) is 17.1. The smallest absolute Gasteiger partial charge is 0.275 e. The summed E-state index contributed by atoms with van der Waals surface area (Å²) >= 11 is 0. The Kier molecular flexibility index (Phi) is 5.28. The fourth-order valence-electron chi connectivity index (χ4n) is 5.08. The molecule has 162 valence electrons. The van der Waals surface area contributed by atoms with Crippen molar-refractivity contribution in [1.82, 2.24) is 19.7 Å². The van der Waals surface area contributed by atoms with Crippen molar-refractivity contribution < 1.29 is 14.1 Å². The van der Waals surface area contributed by atoms with Crippen molar-refractivity contribution >= 4 is 21.3 Å². The molecule has 1 aromatic carbocycles. The van der Waals surface area contributed by atoms with Gasteiger partial charge in [-0.1, -0.05) is 30.3 Å². The van der Waals surface area contributed by atoms with E-state index in [0.29, 0.717) is 25.7 Å². The Labute approximate surface area is 182 Å². The fourth-order valence-corrected chi connectivity index (χ4v) is 5.30. The predicted octanol–water partition coefficient (Wildman–Crippen LogP) is 1.60. The number of aromatic nitrogens is 1. The lowest BCUT2D eigenvalue weighted by atomic mass is 10.0. The molecule has 0 spiro atoms. The van der Waals surface area contributed by atoms with Crippen LogP contribution in [0.5, 0.6) is 5.75 Å². The van der Waals surface area contributed by atoms with E-state index in [1.54, 1.807) is 4.57 Å². The van der Waals surface area contributed by atoms with Crippen molar-refractivity contribution in [3.8, 4) is 5.75 Å². The van der Waals surface area contributed by atoms with Crippen molar-refractivity contribution in [2.45, 2.75) is 44.6 Å².